The van der Waals surface area contributed by atoms with Gasteiger partial charge in [-0.25, -0.2) is 14.2 Å². The van der Waals surface area contributed by atoms with Crippen molar-refractivity contribution >= 4 is 17.8 Å². The largest absolute Gasteiger partial charge is 0.370 e. The lowest BCUT2D eigenvalue weighted by Gasteiger charge is -2.33. The predicted octanol–water partition coefficient (Wildman–Crippen LogP) is 2.43. The number of nitrogens with one attached hydrogen (secondary N) is 1. The predicted molar refractivity (Wildman–Crippen MR) is 94.0 cm³/mol. The third kappa shape index (κ3) is 4.73. The van der Waals surface area contributed by atoms with Gasteiger partial charge in [0.2, 0.25) is 0 Å². The summed E-state index contributed by atoms with van der Waals surface area (Å²) in [6, 6.07) is 6.12. The number of hydrogen-bond acceptors (Lipinski definition) is 4. The lowest BCUT2D eigenvalue weighted by molar-refractivity contribution is -0.0153. The molecule has 0 unspecified atom stereocenters. The molecule has 1 saturated heterocycles. The van der Waals surface area contributed by atoms with Crippen LogP contribution in [0.2, 0.25) is 0 Å². The number of urea groups is 1. The van der Waals surface area contributed by atoms with Gasteiger partial charge >= 0.3 is 6.03 Å². The van der Waals surface area contributed by atoms with Gasteiger partial charge in [-0.15, -0.1) is 0 Å². The number of ether oxygens (including phenoxy) is 1. The molecule has 1 aromatic carbocycles. The Hall–Kier alpha value is -2.06. The van der Waals surface area contributed by atoms with E-state index in [1.807, 2.05) is 17.8 Å². The van der Waals surface area contributed by atoms with Gasteiger partial charge in [-0.05, 0) is 17.7 Å². The molecule has 6 nitrogen and oxygen atoms in total. The van der Waals surface area contributed by atoms with Gasteiger partial charge < -0.3 is 19.5 Å². The van der Waals surface area contributed by atoms with Gasteiger partial charge in [-0.2, -0.15) is 0 Å². The van der Waals surface area contributed by atoms with Crippen LogP contribution in [0.4, 0.5) is 9.18 Å². The minimum Gasteiger partial charge on any atom is -0.370 e. The molecular weight excluding hydrogens is 343 g/mol. The molecule has 1 N–H and O–H groups in total. The number of morpholine rings is 1. The minimum absolute atomic E-state index is 0.101. The fraction of sp³-hybridized carbons (Fsp3) is 0.412. The Morgan fingerprint density at radius 3 is 2.96 bits per heavy atom. The van der Waals surface area contributed by atoms with E-state index in [1.165, 1.54) is 12.1 Å². The highest BCUT2D eigenvalue weighted by Crippen LogP contribution is 2.22. The first-order valence-corrected chi connectivity index (χ1v) is 9.12. The SMILES string of the molecule is Cn1ccnc1SCCNC(=O)N1CCO[C@H](c2ccc(F)cc2)C1. The Morgan fingerprint density at radius 2 is 2.24 bits per heavy atom. The van der Waals surface area contributed by atoms with Crippen LogP contribution in [0.3, 0.4) is 0 Å². The van der Waals surface area contributed by atoms with Crippen LogP contribution in [-0.4, -0.2) is 52.5 Å². The molecular formula is C17H21FN4O2S. The summed E-state index contributed by atoms with van der Waals surface area (Å²) < 4.78 is 20.7. The zero-order valence-corrected chi connectivity index (χ0v) is 14.8. The van der Waals surface area contributed by atoms with E-state index < -0.39 is 0 Å². The van der Waals surface area contributed by atoms with Crippen molar-refractivity contribution in [2.75, 3.05) is 32.0 Å². The summed E-state index contributed by atoms with van der Waals surface area (Å²) in [5, 5.41) is 3.86. The summed E-state index contributed by atoms with van der Waals surface area (Å²) in [5.74, 6) is 0.474. The van der Waals surface area contributed by atoms with Crippen LogP contribution in [0, 0.1) is 5.82 Å². The fourth-order valence-electron chi connectivity index (χ4n) is 2.62. The van der Waals surface area contributed by atoms with E-state index in [9.17, 15) is 9.18 Å². The molecule has 3 rings (SSSR count). The average Bonchev–Trinajstić information content (AvgIpc) is 3.04. The number of aromatic nitrogens is 2. The molecule has 1 fully saturated rings. The topological polar surface area (TPSA) is 59.4 Å². The van der Waals surface area contributed by atoms with Crippen molar-refractivity contribution < 1.29 is 13.9 Å². The molecule has 1 atom stereocenters. The normalized spacial score (nSPS) is 17.5. The van der Waals surface area contributed by atoms with Crippen LogP contribution in [-0.2, 0) is 11.8 Å². The molecule has 1 aliphatic rings. The van der Waals surface area contributed by atoms with Crippen molar-refractivity contribution in [3.63, 3.8) is 0 Å². The highest BCUT2D eigenvalue weighted by atomic mass is 32.2. The van der Waals surface area contributed by atoms with Crippen molar-refractivity contribution in [3.8, 4) is 0 Å². The second kappa shape index (κ2) is 8.35. The molecule has 25 heavy (non-hydrogen) atoms. The van der Waals surface area contributed by atoms with Crippen LogP contribution in [0.25, 0.3) is 0 Å². The summed E-state index contributed by atoms with van der Waals surface area (Å²) in [4.78, 5) is 18.3. The lowest BCUT2D eigenvalue weighted by atomic mass is 10.1. The van der Waals surface area contributed by atoms with Crippen LogP contribution < -0.4 is 5.32 Å². The third-order valence-electron chi connectivity index (χ3n) is 3.98. The molecule has 2 amide bonds. The number of halogens is 1. The molecule has 134 valence electrons. The summed E-state index contributed by atoms with van der Waals surface area (Å²) in [5.41, 5.74) is 0.879. The Morgan fingerprint density at radius 1 is 1.44 bits per heavy atom. The highest BCUT2D eigenvalue weighted by Gasteiger charge is 2.25. The number of imidazole rings is 1. The van der Waals surface area contributed by atoms with E-state index >= 15 is 0 Å². The summed E-state index contributed by atoms with van der Waals surface area (Å²) in [6.45, 7) is 2.05. The van der Waals surface area contributed by atoms with Crippen molar-refractivity contribution in [3.05, 3.63) is 48.0 Å². The Bertz CT molecular complexity index is 707. The van der Waals surface area contributed by atoms with Crippen LogP contribution in [0.5, 0.6) is 0 Å². The van der Waals surface area contributed by atoms with Gasteiger partial charge in [0.15, 0.2) is 5.16 Å². The molecule has 1 aromatic heterocycles. The van der Waals surface area contributed by atoms with Gasteiger partial charge in [-0.3, -0.25) is 0 Å². The van der Waals surface area contributed by atoms with Gasteiger partial charge in [0, 0.05) is 38.3 Å². The molecule has 0 bridgehead atoms. The first kappa shape index (κ1) is 17.8. The molecule has 2 heterocycles. The second-order valence-corrected chi connectivity index (χ2v) is 6.82. The molecule has 0 saturated carbocycles. The second-order valence-electron chi connectivity index (χ2n) is 5.76. The summed E-state index contributed by atoms with van der Waals surface area (Å²) in [7, 11) is 1.94. The standard InChI is InChI=1S/C17H21FN4O2S/c1-21-8-6-20-17(21)25-11-7-19-16(23)22-9-10-24-15(12-22)13-2-4-14(18)5-3-13/h2-6,8,15H,7,9-12H2,1H3,(H,19,23)/t15-/m0/s1. The van der Waals surface area contributed by atoms with E-state index in [2.05, 4.69) is 10.3 Å². The minimum atomic E-state index is -0.278. The van der Waals surface area contributed by atoms with E-state index in [4.69, 9.17) is 4.74 Å². The fourth-order valence-corrected chi connectivity index (χ4v) is 3.40. The Balaban J connectivity index is 1.45. The maximum Gasteiger partial charge on any atom is 0.317 e. The molecule has 0 spiro atoms. The van der Waals surface area contributed by atoms with Gasteiger partial charge in [0.25, 0.3) is 0 Å². The van der Waals surface area contributed by atoms with Crippen molar-refractivity contribution in [1.29, 1.82) is 0 Å². The number of benzene rings is 1. The van der Waals surface area contributed by atoms with Gasteiger partial charge in [0.05, 0.1) is 13.2 Å². The Labute approximate surface area is 150 Å². The first-order chi connectivity index (χ1) is 12.1. The van der Waals surface area contributed by atoms with E-state index in [-0.39, 0.29) is 18.0 Å². The quantitative estimate of drug-likeness (QED) is 0.654. The summed E-state index contributed by atoms with van der Waals surface area (Å²) >= 11 is 1.60. The molecule has 0 radical (unpaired) electrons. The van der Waals surface area contributed by atoms with E-state index in [0.717, 1.165) is 16.5 Å². The lowest BCUT2D eigenvalue weighted by Crippen LogP contribution is -2.47. The maximum absolute atomic E-state index is 13.0. The maximum atomic E-state index is 13.0. The highest BCUT2D eigenvalue weighted by molar-refractivity contribution is 7.99. The number of nitrogens with zero attached hydrogens (tertiary/aromatic N) is 3. The number of rotatable bonds is 5. The smallest absolute Gasteiger partial charge is 0.317 e. The third-order valence-corrected chi connectivity index (χ3v) is 5.04. The van der Waals surface area contributed by atoms with Gasteiger partial charge in [-0.1, -0.05) is 23.9 Å². The average molecular weight is 364 g/mol. The number of carbonyl (C=O) groups excluding carboxylic acids is 1. The van der Waals surface area contributed by atoms with Crippen molar-refractivity contribution in [1.82, 2.24) is 19.8 Å². The first-order valence-electron chi connectivity index (χ1n) is 8.13. The summed E-state index contributed by atoms with van der Waals surface area (Å²) in [6.07, 6.45) is 3.43. The number of amides is 2. The van der Waals surface area contributed by atoms with E-state index in [0.29, 0.717) is 26.2 Å². The van der Waals surface area contributed by atoms with E-state index in [1.54, 1.807) is 35.0 Å². The van der Waals surface area contributed by atoms with Crippen LogP contribution in [0.1, 0.15) is 11.7 Å². The van der Waals surface area contributed by atoms with Gasteiger partial charge in [0.1, 0.15) is 11.9 Å². The van der Waals surface area contributed by atoms with Crippen LogP contribution >= 0.6 is 11.8 Å². The van der Waals surface area contributed by atoms with Crippen LogP contribution in [0.15, 0.2) is 41.8 Å². The number of carbonyl (C=O) groups is 1. The number of hydrogen-bond donors (Lipinski definition) is 1. The molecule has 2 aromatic rings. The monoisotopic (exact) mass is 364 g/mol. The zero-order valence-electron chi connectivity index (χ0n) is 14.0. The van der Waals surface area contributed by atoms with Crippen molar-refractivity contribution in [2.45, 2.75) is 11.3 Å². The molecule has 0 aliphatic carbocycles. The molecule has 8 heteroatoms. The number of aryl methyl sites for hydroxylation is 1. The molecule has 1 aliphatic heterocycles. The Kier molecular flexibility index (Phi) is 5.93. The number of thioether (sulfide) groups is 1. The van der Waals surface area contributed by atoms with Crippen molar-refractivity contribution in [2.24, 2.45) is 7.05 Å². The zero-order chi connectivity index (χ0) is 17.6.